The van der Waals surface area contributed by atoms with Crippen LogP contribution in [0.1, 0.15) is 11.1 Å². The van der Waals surface area contributed by atoms with Crippen LogP contribution in [0.25, 0.3) is 0 Å². The largest absolute Gasteiger partial charge is 0.282 e. The molecule has 0 aliphatic heterocycles. The molecule has 0 aliphatic rings. The molecule has 0 unspecified atom stereocenters. The van der Waals surface area contributed by atoms with Gasteiger partial charge in [-0.05, 0) is 30.7 Å². The first-order chi connectivity index (χ1) is 9.37. The Labute approximate surface area is 115 Å². The summed E-state index contributed by atoms with van der Waals surface area (Å²) in [5.74, 6) is -2.56. The first-order valence-electron chi connectivity index (χ1n) is 5.72. The van der Waals surface area contributed by atoms with Gasteiger partial charge in [0.15, 0.2) is 0 Å². The summed E-state index contributed by atoms with van der Waals surface area (Å²) in [4.78, 5) is 3.84. The molecule has 7 heteroatoms. The van der Waals surface area contributed by atoms with E-state index in [0.29, 0.717) is 0 Å². The number of sulfonamides is 1. The van der Waals surface area contributed by atoms with Crippen molar-refractivity contribution in [3.8, 4) is 0 Å². The van der Waals surface area contributed by atoms with E-state index in [2.05, 4.69) is 9.71 Å². The Balaban J connectivity index is 2.24. The topological polar surface area (TPSA) is 59.1 Å². The Hall–Kier alpha value is -2.02. The van der Waals surface area contributed by atoms with E-state index in [1.807, 2.05) is 0 Å². The highest BCUT2D eigenvalue weighted by Crippen LogP contribution is 2.17. The van der Waals surface area contributed by atoms with Gasteiger partial charge in [0.05, 0.1) is 11.9 Å². The van der Waals surface area contributed by atoms with Gasteiger partial charge in [-0.2, -0.15) is 0 Å². The zero-order valence-corrected chi connectivity index (χ0v) is 11.4. The summed E-state index contributed by atoms with van der Waals surface area (Å²) in [7, 11) is -3.92. The Bertz CT molecular complexity index is 713. The van der Waals surface area contributed by atoms with Crippen molar-refractivity contribution >= 4 is 15.7 Å². The molecule has 0 fully saturated rings. The summed E-state index contributed by atoms with van der Waals surface area (Å²) in [6, 6.07) is 4.78. The van der Waals surface area contributed by atoms with Gasteiger partial charge in [0.1, 0.15) is 17.4 Å². The predicted octanol–water partition coefficient (Wildman–Crippen LogP) is 2.61. The van der Waals surface area contributed by atoms with E-state index in [1.165, 1.54) is 12.3 Å². The molecule has 0 atom stereocenters. The molecule has 4 nitrogen and oxygen atoms in total. The smallest absolute Gasteiger partial charge is 0.237 e. The highest BCUT2D eigenvalue weighted by molar-refractivity contribution is 7.91. The number of halogens is 2. The van der Waals surface area contributed by atoms with E-state index in [0.717, 1.165) is 17.7 Å². The molecule has 0 bridgehead atoms. The van der Waals surface area contributed by atoms with Crippen molar-refractivity contribution in [2.75, 3.05) is 4.72 Å². The summed E-state index contributed by atoms with van der Waals surface area (Å²) in [5.41, 5.74) is 0.532. The van der Waals surface area contributed by atoms with Crippen LogP contribution in [0.2, 0.25) is 0 Å². The zero-order valence-electron chi connectivity index (χ0n) is 10.6. The van der Waals surface area contributed by atoms with Gasteiger partial charge in [0, 0.05) is 11.8 Å². The highest BCUT2D eigenvalue weighted by Gasteiger charge is 2.18. The Kier molecular flexibility index (Phi) is 3.99. The minimum Gasteiger partial charge on any atom is -0.282 e. The predicted molar refractivity (Wildman–Crippen MR) is 71.6 cm³/mol. The fourth-order valence-corrected chi connectivity index (χ4v) is 2.89. The van der Waals surface area contributed by atoms with Crippen molar-refractivity contribution in [2.45, 2.75) is 12.7 Å². The lowest BCUT2D eigenvalue weighted by atomic mass is 10.2. The minimum atomic E-state index is -3.92. The van der Waals surface area contributed by atoms with Gasteiger partial charge >= 0.3 is 0 Å². The fraction of sp³-hybridized carbons (Fsp3) is 0.154. The quantitative estimate of drug-likeness (QED) is 0.944. The number of pyridine rings is 1. The Morgan fingerprint density at radius 2 is 1.85 bits per heavy atom. The van der Waals surface area contributed by atoms with Gasteiger partial charge in [0.25, 0.3) is 0 Å². The van der Waals surface area contributed by atoms with E-state index < -0.39 is 33.0 Å². The Morgan fingerprint density at radius 3 is 2.45 bits per heavy atom. The summed E-state index contributed by atoms with van der Waals surface area (Å²) < 4.78 is 52.9. The molecule has 1 heterocycles. The normalized spacial score (nSPS) is 11.3. The van der Waals surface area contributed by atoms with E-state index in [4.69, 9.17) is 0 Å². The molecule has 1 aromatic heterocycles. The number of nitrogens with zero attached hydrogens (tertiary/aromatic N) is 1. The van der Waals surface area contributed by atoms with Crippen LogP contribution in [0.4, 0.5) is 14.5 Å². The van der Waals surface area contributed by atoms with Crippen molar-refractivity contribution in [1.29, 1.82) is 0 Å². The third kappa shape index (κ3) is 3.51. The number of aryl methyl sites for hydroxylation is 1. The lowest BCUT2D eigenvalue weighted by molar-refractivity contribution is 0.557. The van der Waals surface area contributed by atoms with E-state index in [9.17, 15) is 17.2 Å². The Morgan fingerprint density at radius 1 is 1.20 bits per heavy atom. The van der Waals surface area contributed by atoms with Crippen molar-refractivity contribution in [1.82, 2.24) is 4.98 Å². The maximum absolute atomic E-state index is 13.4. The maximum Gasteiger partial charge on any atom is 0.237 e. The first kappa shape index (κ1) is 14.4. The monoisotopic (exact) mass is 298 g/mol. The average molecular weight is 298 g/mol. The van der Waals surface area contributed by atoms with Gasteiger partial charge in [-0.25, -0.2) is 17.2 Å². The molecule has 20 heavy (non-hydrogen) atoms. The van der Waals surface area contributed by atoms with Crippen LogP contribution in [0, 0.1) is 18.6 Å². The zero-order chi connectivity index (χ0) is 14.8. The molecule has 1 aromatic carbocycles. The van der Waals surface area contributed by atoms with E-state index >= 15 is 0 Å². The van der Waals surface area contributed by atoms with Crippen LogP contribution in [0.3, 0.4) is 0 Å². The second-order valence-corrected chi connectivity index (χ2v) is 6.03. The number of anilines is 1. The van der Waals surface area contributed by atoms with Gasteiger partial charge in [-0.15, -0.1) is 0 Å². The van der Waals surface area contributed by atoms with Gasteiger partial charge < -0.3 is 0 Å². The first-order valence-corrected chi connectivity index (χ1v) is 7.38. The van der Waals surface area contributed by atoms with Crippen LogP contribution in [-0.4, -0.2) is 13.4 Å². The second kappa shape index (κ2) is 5.54. The standard InChI is InChI=1S/C13H12F2N2O2S/c1-9-5-10(7-16-6-9)17-20(18,19)8-11-12(14)3-2-4-13(11)15/h2-7,17H,8H2,1H3. The number of aromatic nitrogens is 1. The molecule has 2 rings (SSSR count). The highest BCUT2D eigenvalue weighted by atomic mass is 32.2. The van der Waals surface area contributed by atoms with E-state index in [1.54, 1.807) is 19.2 Å². The maximum atomic E-state index is 13.4. The lowest BCUT2D eigenvalue weighted by Crippen LogP contribution is -2.17. The third-order valence-electron chi connectivity index (χ3n) is 2.54. The van der Waals surface area contributed by atoms with Crippen LogP contribution >= 0.6 is 0 Å². The number of rotatable bonds is 4. The molecule has 0 saturated carbocycles. The molecule has 0 spiro atoms. The molecule has 0 amide bonds. The molecule has 0 saturated heterocycles. The van der Waals surface area contributed by atoms with Crippen molar-refractivity contribution in [3.63, 3.8) is 0 Å². The van der Waals surface area contributed by atoms with Crippen molar-refractivity contribution in [3.05, 3.63) is 59.4 Å². The van der Waals surface area contributed by atoms with Gasteiger partial charge in [0.2, 0.25) is 10.0 Å². The summed E-state index contributed by atoms with van der Waals surface area (Å²) in [5, 5.41) is 0. The molecule has 1 N–H and O–H groups in total. The molecule has 2 aromatic rings. The summed E-state index contributed by atoms with van der Waals surface area (Å²) in [6.45, 7) is 1.75. The third-order valence-corrected chi connectivity index (χ3v) is 3.76. The molecule has 0 radical (unpaired) electrons. The molecular weight excluding hydrogens is 286 g/mol. The van der Waals surface area contributed by atoms with Crippen LogP contribution < -0.4 is 4.72 Å². The lowest BCUT2D eigenvalue weighted by Gasteiger charge is -2.09. The number of hydrogen-bond donors (Lipinski definition) is 1. The fourth-order valence-electron chi connectivity index (χ4n) is 1.69. The second-order valence-electron chi connectivity index (χ2n) is 4.31. The number of hydrogen-bond acceptors (Lipinski definition) is 3. The number of benzene rings is 1. The molecule has 106 valence electrons. The number of nitrogens with one attached hydrogen (secondary N) is 1. The SMILES string of the molecule is Cc1cncc(NS(=O)(=O)Cc2c(F)cccc2F)c1. The molecular formula is C13H12F2N2O2S. The van der Waals surface area contributed by atoms with Crippen molar-refractivity contribution in [2.24, 2.45) is 0 Å². The van der Waals surface area contributed by atoms with Crippen molar-refractivity contribution < 1.29 is 17.2 Å². The van der Waals surface area contributed by atoms with Crippen LogP contribution in [0.15, 0.2) is 36.7 Å². The van der Waals surface area contributed by atoms with Gasteiger partial charge in [-0.1, -0.05) is 6.07 Å². The molecule has 0 aliphatic carbocycles. The van der Waals surface area contributed by atoms with Crippen LogP contribution in [-0.2, 0) is 15.8 Å². The summed E-state index contributed by atoms with van der Waals surface area (Å²) in [6.07, 6.45) is 2.89. The minimum absolute atomic E-state index is 0.252. The van der Waals surface area contributed by atoms with Crippen LogP contribution in [0.5, 0.6) is 0 Å². The van der Waals surface area contributed by atoms with Gasteiger partial charge in [-0.3, -0.25) is 9.71 Å². The van der Waals surface area contributed by atoms with E-state index in [-0.39, 0.29) is 5.69 Å². The average Bonchev–Trinajstić information content (AvgIpc) is 2.33. The summed E-state index contributed by atoms with van der Waals surface area (Å²) >= 11 is 0.